The lowest BCUT2D eigenvalue weighted by molar-refractivity contribution is -0.148. The zero-order valence-electron chi connectivity index (χ0n) is 11.1. The lowest BCUT2D eigenvalue weighted by atomic mass is 9.82. The van der Waals surface area contributed by atoms with Crippen molar-refractivity contribution in [2.45, 2.75) is 6.42 Å². The average Bonchev–Trinajstić information content (AvgIpc) is 3.02. The predicted octanol–water partition coefficient (Wildman–Crippen LogP) is -1.17. The largest absolute Gasteiger partial charge is 0.481 e. The number of nitrogens with one attached hydrogen (secondary N) is 2. The standard InChI is InChI=1S/C13H16N2O6/c16-8(14-5-9(17)18)4-15-12(19)10-6-1-2-7(3-6)11(10)13(20)21/h1-2,6-7,10-11H,3-5H2,(H,14,16)(H,15,19)(H,17,18)(H,20,21)/t6-,7-,10-,11+/m1/s1. The second kappa shape index (κ2) is 5.94. The van der Waals surface area contributed by atoms with Gasteiger partial charge in [-0.15, -0.1) is 0 Å². The van der Waals surface area contributed by atoms with Gasteiger partial charge in [0.05, 0.1) is 18.4 Å². The van der Waals surface area contributed by atoms with Crippen LogP contribution >= 0.6 is 0 Å². The highest BCUT2D eigenvalue weighted by molar-refractivity contribution is 5.90. The van der Waals surface area contributed by atoms with Gasteiger partial charge in [-0.2, -0.15) is 0 Å². The Kier molecular flexibility index (Phi) is 4.25. The van der Waals surface area contributed by atoms with Gasteiger partial charge in [-0.3, -0.25) is 19.2 Å². The van der Waals surface area contributed by atoms with Crippen LogP contribution < -0.4 is 10.6 Å². The minimum atomic E-state index is -1.18. The summed E-state index contributed by atoms with van der Waals surface area (Å²) in [7, 11) is 0. The first kappa shape index (κ1) is 15.0. The molecule has 2 aliphatic carbocycles. The van der Waals surface area contributed by atoms with Crippen LogP contribution in [-0.2, 0) is 19.2 Å². The van der Waals surface area contributed by atoms with Crippen LogP contribution in [0.3, 0.4) is 0 Å². The van der Waals surface area contributed by atoms with Gasteiger partial charge in [0, 0.05) is 0 Å². The van der Waals surface area contributed by atoms with E-state index in [1.807, 2.05) is 12.2 Å². The molecule has 0 saturated heterocycles. The number of amides is 2. The summed E-state index contributed by atoms with van der Waals surface area (Å²) in [5.41, 5.74) is 0. The molecule has 1 saturated carbocycles. The Labute approximate surface area is 120 Å². The van der Waals surface area contributed by atoms with Gasteiger partial charge in [0.2, 0.25) is 11.8 Å². The maximum absolute atomic E-state index is 12.1. The molecule has 8 nitrogen and oxygen atoms in total. The van der Waals surface area contributed by atoms with Crippen molar-refractivity contribution in [2.75, 3.05) is 13.1 Å². The number of carboxylic acid groups (broad SMARTS) is 2. The summed E-state index contributed by atoms with van der Waals surface area (Å²) < 4.78 is 0. The van der Waals surface area contributed by atoms with Crippen LogP contribution in [0.25, 0.3) is 0 Å². The normalized spacial score (nSPS) is 29.1. The van der Waals surface area contributed by atoms with Gasteiger partial charge < -0.3 is 20.8 Å². The first-order chi connectivity index (χ1) is 9.90. The number of carboxylic acids is 2. The summed E-state index contributed by atoms with van der Waals surface area (Å²) in [6, 6.07) is 0. The van der Waals surface area contributed by atoms with Crippen LogP contribution in [0, 0.1) is 23.7 Å². The van der Waals surface area contributed by atoms with E-state index in [0.717, 1.165) is 0 Å². The zero-order valence-corrected chi connectivity index (χ0v) is 11.1. The molecule has 0 heterocycles. The Balaban J connectivity index is 1.88. The molecule has 2 rings (SSSR count). The molecule has 2 bridgehead atoms. The summed E-state index contributed by atoms with van der Waals surface area (Å²) >= 11 is 0. The maximum Gasteiger partial charge on any atom is 0.322 e. The summed E-state index contributed by atoms with van der Waals surface area (Å²) in [6.45, 7) is -0.890. The molecule has 0 aromatic heterocycles. The zero-order chi connectivity index (χ0) is 15.6. The molecule has 2 amide bonds. The predicted molar refractivity (Wildman–Crippen MR) is 69.0 cm³/mol. The van der Waals surface area contributed by atoms with Gasteiger partial charge in [-0.05, 0) is 18.3 Å². The quantitative estimate of drug-likeness (QED) is 0.456. The van der Waals surface area contributed by atoms with Crippen LogP contribution in [0.5, 0.6) is 0 Å². The fourth-order valence-corrected chi connectivity index (χ4v) is 3.04. The number of hydrogen-bond donors (Lipinski definition) is 4. The number of rotatable bonds is 6. The Bertz CT molecular complexity index is 515. The molecule has 4 N–H and O–H groups in total. The Hall–Kier alpha value is -2.38. The fraction of sp³-hybridized carbons (Fsp3) is 0.538. The molecule has 0 aliphatic heterocycles. The third-order valence-corrected chi connectivity index (χ3v) is 3.91. The summed E-state index contributed by atoms with van der Waals surface area (Å²) in [4.78, 5) is 45.0. The highest BCUT2D eigenvalue weighted by Gasteiger charge is 2.51. The molecule has 2 aliphatic rings. The van der Waals surface area contributed by atoms with E-state index in [2.05, 4.69) is 10.6 Å². The summed E-state index contributed by atoms with van der Waals surface area (Å²) in [5.74, 6) is -4.99. The Morgan fingerprint density at radius 2 is 1.57 bits per heavy atom. The van der Waals surface area contributed by atoms with Gasteiger partial charge >= 0.3 is 11.9 Å². The molecule has 114 valence electrons. The number of carbonyl (C=O) groups is 4. The highest BCUT2D eigenvalue weighted by Crippen LogP contribution is 2.48. The minimum absolute atomic E-state index is 0.113. The van der Waals surface area contributed by atoms with Crippen LogP contribution in [0.15, 0.2) is 12.2 Å². The van der Waals surface area contributed by atoms with E-state index < -0.39 is 42.1 Å². The minimum Gasteiger partial charge on any atom is -0.481 e. The van der Waals surface area contributed by atoms with Crippen molar-refractivity contribution in [1.29, 1.82) is 0 Å². The molecule has 0 radical (unpaired) electrons. The van der Waals surface area contributed by atoms with E-state index in [0.29, 0.717) is 6.42 Å². The van der Waals surface area contributed by atoms with Crippen LogP contribution in [0.2, 0.25) is 0 Å². The second-order valence-corrected chi connectivity index (χ2v) is 5.23. The number of fused-ring (bicyclic) bond motifs is 2. The van der Waals surface area contributed by atoms with E-state index in [9.17, 15) is 24.3 Å². The van der Waals surface area contributed by atoms with Crippen molar-refractivity contribution in [3.8, 4) is 0 Å². The molecule has 0 aromatic carbocycles. The lowest BCUT2D eigenvalue weighted by Gasteiger charge is -2.23. The summed E-state index contributed by atoms with van der Waals surface area (Å²) in [5, 5.41) is 22.1. The fourth-order valence-electron chi connectivity index (χ4n) is 3.04. The summed E-state index contributed by atoms with van der Waals surface area (Å²) in [6.07, 6.45) is 4.31. The van der Waals surface area contributed by atoms with Gasteiger partial charge in [0.25, 0.3) is 0 Å². The van der Waals surface area contributed by atoms with Crippen molar-refractivity contribution in [1.82, 2.24) is 10.6 Å². The van der Waals surface area contributed by atoms with E-state index >= 15 is 0 Å². The monoisotopic (exact) mass is 296 g/mol. The van der Waals surface area contributed by atoms with Crippen LogP contribution in [-0.4, -0.2) is 47.1 Å². The second-order valence-electron chi connectivity index (χ2n) is 5.23. The molecule has 0 aromatic rings. The van der Waals surface area contributed by atoms with Crippen molar-refractivity contribution >= 4 is 23.8 Å². The smallest absolute Gasteiger partial charge is 0.322 e. The molecule has 8 heteroatoms. The van der Waals surface area contributed by atoms with E-state index in [-0.39, 0.29) is 18.4 Å². The molecular formula is C13H16N2O6. The lowest BCUT2D eigenvalue weighted by Crippen LogP contribution is -2.44. The van der Waals surface area contributed by atoms with Gasteiger partial charge in [-0.25, -0.2) is 0 Å². The molecular weight excluding hydrogens is 280 g/mol. The van der Waals surface area contributed by atoms with Crippen molar-refractivity contribution in [2.24, 2.45) is 23.7 Å². The van der Waals surface area contributed by atoms with Gasteiger partial charge in [-0.1, -0.05) is 12.2 Å². The van der Waals surface area contributed by atoms with Crippen LogP contribution in [0.1, 0.15) is 6.42 Å². The topological polar surface area (TPSA) is 133 Å². The SMILES string of the molecule is O=C(O)CNC(=O)CNC(=O)[C@H]1[C@@H](C(=O)O)[C@@H]2C=C[C@@H]1C2. The van der Waals surface area contributed by atoms with E-state index in [4.69, 9.17) is 5.11 Å². The number of allylic oxidation sites excluding steroid dienone is 2. The third-order valence-electron chi connectivity index (χ3n) is 3.91. The van der Waals surface area contributed by atoms with Gasteiger partial charge in [0.15, 0.2) is 0 Å². The van der Waals surface area contributed by atoms with Gasteiger partial charge in [0.1, 0.15) is 6.54 Å². The van der Waals surface area contributed by atoms with Crippen molar-refractivity contribution < 1.29 is 29.4 Å². The Morgan fingerprint density at radius 3 is 2.14 bits per heavy atom. The molecule has 4 atom stereocenters. The number of hydrogen-bond acceptors (Lipinski definition) is 4. The number of aliphatic carboxylic acids is 2. The molecule has 0 unspecified atom stereocenters. The average molecular weight is 296 g/mol. The van der Waals surface area contributed by atoms with Crippen molar-refractivity contribution in [3.63, 3.8) is 0 Å². The van der Waals surface area contributed by atoms with Crippen LogP contribution in [0.4, 0.5) is 0 Å². The van der Waals surface area contributed by atoms with Crippen molar-refractivity contribution in [3.05, 3.63) is 12.2 Å². The first-order valence-corrected chi connectivity index (χ1v) is 6.57. The highest BCUT2D eigenvalue weighted by atomic mass is 16.4. The molecule has 21 heavy (non-hydrogen) atoms. The number of carbonyl (C=O) groups excluding carboxylic acids is 2. The van der Waals surface area contributed by atoms with E-state index in [1.165, 1.54) is 0 Å². The molecule has 0 spiro atoms. The Morgan fingerprint density at radius 1 is 0.952 bits per heavy atom. The maximum atomic E-state index is 12.1. The molecule has 1 fully saturated rings. The third kappa shape index (κ3) is 3.21. The first-order valence-electron chi connectivity index (χ1n) is 6.57. The van der Waals surface area contributed by atoms with E-state index in [1.54, 1.807) is 0 Å².